The average molecular weight is 371 g/mol. The summed E-state index contributed by atoms with van der Waals surface area (Å²) in [6, 6.07) is 6.51. The molecular formula is C17H11F2N5O3. The van der Waals surface area contributed by atoms with E-state index < -0.39 is 28.7 Å². The molecule has 4 aromatic rings. The van der Waals surface area contributed by atoms with Gasteiger partial charge >= 0.3 is 6.09 Å². The van der Waals surface area contributed by atoms with Crippen molar-refractivity contribution in [3.8, 4) is 11.3 Å². The van der Waals surface area contributed by atoms with Crippen molar-refractivity contribution in [2.75, 3.05) is 11.9 Å². The molecule has 2 heterocycles. The van der Waals surface area contributed by atoms with Crippen LogP contribution in [-0.2, 0) is 0 Å². The van der Waals surface area contributed by atoms with E-state index in [1.54, 1.807) is 18.2 Å². The molecule has 2 aromatic carbocycles. The first-order valence-corrected chi connectivity index (χ1v) is 7.70. The fourth-order valence-electron chi connectivity index (χ4n) is 2.83. The molecule has 0 bridgehead atoms. The third kappa shape index (κ3) is 2.58. The molecule has 2 aromatic heterocycles. The van der Waals surface area contributed by atoms with Gasteiger partial charge in [0.25, 0.3) is 5.56 Å². The van der Waals surface area contributed by atoms with Gasteiger partial charge in [-0.2, -0.15) is 5.10 Å². The van der Waals surface area contributed by atoms with E-state index in [0.29, 0.717) is 16.6 Å². The first-order valence-electron chi connectivity index (χ1n) is 7.70. The summed E-state index contributed by atoms with van der Waals surface area (Å²) in [4.78, 5) is 30.8. The van der Waals surface area contributed by atoms with Crippen molar-refractivity contribution in [3.63, 3.8) is 0 Å². The largest absolute Gasteiger partial charge is 0.465 e. The van der Waals surface area contributed by atoms with Crippen LogP contribution in [0.4, 0.5) is 19.5 Å². The molecule has 4 rings (SSSR count). The second kappa shape index (κ2) is 5.87. The summed E-state index contributed by atoms with van der Waals surface area (Å²) in [7, 11) is 1.33. The number of hydrogen-bond donors (Lipinski definition) is 3. The fourth-order valence-corrected chi connectivity index (χ4v) is 2.83. The van der Waals surface area contributed by atoms with Crippen molar-refractivity contribution < 1.29 is 18.7 Å². The number of nitrogens with one attached hydrogen (secondary N) is 2. The van der Waals surface area contributed by atoms with Gasteiger partial charge in [-0.3, -0.25) is 9.69 Å². The summed E-state index contributed by atoms with van der Waals surface area (Å²) >= 11 is 0. The molecule has 3 N–H and O–H groups in total. The van der Waals surface area contributed by atoms with Crippen molar-refractivity contribution in [1.82, 2.24) is 20.2 Å². The number of fused-ring (bicyclic) bond motifs is 2. The summed E-state index contributed by atoms with van der Waals surface area (Å²) in [5.41, 5.74) is 0.544. The van der Waals surface area contributed by atoms with Crippen LogP contribution < -0.4 is 10.5 Å². The highest BCUT2D eigenvalue weighted by atomic mass is 19.1. The molecule has 1 amide bonds. The molecule has 8 nitrogen and oxygen atoms in total. The number of benzene rings is 2. The van der Waals surface area contributed by atoms with Gasteiger partial charge in [0.15, 0.2) is 0 Å². The number of rotatable bonds is 2. The SMILES string of the molecule is CN(C(=O)O)c1nc2ccc(-c3n[nH]c(=O)c4c(F)ccc(F)c34)cc2[nH]1. The molecule has 0 saturated carbocycles. The van der Waals surface area contributed by atoms with Gasteiger partial charge in [-0.25, -0.2) is 23.7 Å². The lowest BCUT2D eigenvalue weighted by Gasteiger charge is -2.07. The third-order valence-corrected chi connectivity index (χ3v) is 4.18. The smallest absolute Gasteiger partial charge is 0.413 e. The van der Waals surface area contributed by atoms with Crippen LogP contribution in [0.25, 0.3) is 33.1 Å². The Morgan fingerprint density at radius 3 is 2.56 bits per heavy atom. The predicted molar refractivity (Wildman–Crippen MR) is 93.8 cm³/mol. The highest BCUT2D eigenvalue weighted by Gasteiger charge is 2.18. The zero-order chi connectivity index (χ0) is 19.3. The van der Waals surface area contributed by atoms with E-state index in [1.807, 2.05) is 0 Å². The molecule has 0 unspecified atom stereocenters. The quantitative estimate of drug-likeness (QED) is 0.501. The van der Waals surface area contributed by atoms with Gasteiger partial charge in [-0.1, -0.05) is 6.07 Å². The molecule has 0 aliphatic rings. The molecule has 136 valence electrons. The lowest BCUT2D eigenvalue weighted by Crippen LogP contribution is -2.24. The number of nitrogens with zero attached hydrogens (tertiary/aromatic N) is 3. The summed E-state index contributed by atoms with van der Waals surface area (Å²) in [5, 5.41) is 14.4. The number of aromatic amines is 2. The summed E-state index contributed by atoms with van der Waals surface area (Å²) in [5.74, 6) is -1.54. The first-order chi connectivity index (χ1) is 12.9. The Hall–Kier alpha value is -3.82. The van der Waals surface area contributed by atoms with Gasteiger partial charge < -0.3 is 10.1 Å². The minimum Gasteiger partial charge on any atom is -0.465 e. The number of anilines is 1. The van der Waals surface area contributed by atoms with E-state index in [4.69, 9.17) is 5.11 Å². The Balaban J connectivity index is 1.95. The maximum Gasteiger partial charge on any atom is 0.413 e. The van der Waals surface area contributed by atoms with Crippen LogP contribution in [0.15, 0.2) is 35.1 Å². The standard InChI is InChI=1S/C17H11F2N5O3/c1-24(17(26)27)16-20-10-5-2-7(6-11(10)21-16)14-12-8(18)3-4-9(19)13(12)15(25)23-22-14/h2-6H,1H3,(H,20,21)(H,23,25)(H,26,27). The molecule has 0 aliphatic carbocycles. The minimum atomic E-state index is -1.19. The van der Waals surface area contributed by atoms with Gasteiger partial charge in [0, 0.05) is 12.6 Å². The van der Waals surface area contributed by atoms with Gasteiger partial charge in [-0.05, 0) is 24.3 Å². The molecule has 0 radical (unpaired) electrons. The zero-order valence-electron chi connectivity index (χ0n) is 13.7. The van der Waals surface area contributed by atoms with E-state index in [1.165, 1.54) is 7.05 Å². The van der Waals surface area contributed by atoms with Crippen molar-refractivity contribution in [2.24, 2.45) is 0 Å². The number of amides is 1. The van der Waals surface area contributed by atoms with E-state index in [-0.39, 0.29) is 17.0 Å². The Kier molecular flexibility index (Phi) is 3.62. The second-order valence-corrected chi connectivity index (χ2v) is 5.81. The predicted octanol–water partition coefficient (Wildman–Crippen LogP) is 2.86. The Morgan fingerprint density at radius 1 is 1.15 bits per heavy atom. The Labute approximate surface area is 149 Å². The van der Waals surface area contributed by atoms with Crippen LogP contribution in [0.5, 0.6) is 0 Å². The molecule has 0 spiro atoms. The molecule has 0 atom stereocenters. The first kappa shape index (κ1) is 16.6. The summed E-state index contributed by atoms with van der Waals surface area (Å²) in [6.45, 7) is 0. The normalized spacial score (nSPS) is 11.2. The number of halogens is 2. The van der Waals surface area contributed by atoms with Crippen molar-refractivity contribution >= 4 is 33.8 Å². The third-order valence-electron chi connectivity index (χ3n) is 4.18. The lowest BCUT2D eigenvalue weighted by molar-refractivity contribution is 0.203. The number of hydrogen-bond acceptors (Lipinski definition) is 4. The second-order valence-electron chi connectivity index (χ2n) is 5.81. The van der Waals surface area contributed by atoms with E-state index in [9.17, 15) is 18.4 Å². The van der Waals surface area contributed by atoms with Gasteiger partial charge in [0.2, 0.25) is 5.95 Å². The maximum absolute atomic E-state index is 14.4. The average Bonchev–Trinajstić information content (AvgIpc) is 3.07. The van der Waals surface area contributed by atoms with Gasteiger partial charge in [0.05, 0.1) is 21.8 Å². The molecule has 0 aliphatic heterocycles. The maximum atomic E-state index is 14.4. The van der Waals surface area contributed by atoms with E-state index in [0.717, 1.165) is 17.0 Å². The van der Waals surface area contributed by atoms with Crippen molar-refractivity contribution in [3.05, 3.63) is 52.3 Å². The fraction of sp³-hybridized carbons (Fsp3) is 0.0588. The molecule has 0 fully saturated rings. The van der Waals surface area contributed by atoms with Crippen LogP contribution in [-0.4, -0.2) is 38.4 Å². The number of aromatic nitrogens is 4. The van der Waals surface area contributed by atoms with Gasteiger partial charge in [-0.15, -0.1) is 0 Å². The molecule has 10 heteroatoms. The lowest BCUT2D eigenvalue weighted by atomic mass is 10.0. The van der Waals surface area contributed by atoms with Gasteiger partial charge in [0.1, 0.15) is 17.3 Å². The van der Waals surface area contributed by atoms with Crippen LogP contribution >= 0.6 is 0 Å². The van der Waals surface area contributed by atoms with Crippen LogP contribution in [0.2, 0.25) is 0 Å². The Morgan fingerprint density at radius 2 is 1.85 bits per heavy atom. The number of H-pyrrole nitrogens is 2. The number of carbonyl (C=O) groups is 1. The van der Waals surface area contributed by atoms with Crippen molar-refractivity contribution in [1.29, 1.82) is 0 Å². The topological polar surface area (TPSA) is 115 Å². The molecular weight excluding hydrogens is 360 g/mol. The highest BCUT2D eigenvalue weighted by Crippen LogP contribution is 2.30. The number of imidazole rings is 1. The van der Waals surface area contributed by atoms with Crippen LogP contribution in [0, 0.1) is 11.6 Å². The Bertz CT molecular complexity index is 1280. The monoisotopic (exact) mass is 371 g/mol. The summed E-state index contributed by atoms with van der Waals surface area (Å²) < 4.78 is 28.4. The molecule has 0 saturated heterocycles. The summed E-state index contributed by atoms with van der Waals surface area (Å²) in [6.07, 6.45) is -1.19. The highest BCUT2D eigenvalue weighted by molar-refractivity contribution is 5.96. The zero-order valence-corrected chi connectivity index (χ0v) is 13.7. The van der Waals surface area contributed by atoms with Crippen molar-refractivity contribution in [2.45, 2.75) is 0 Å². The van der Waals surface area contributed by atoms with E-state index in [2.05, 4.69) is 20.2 Å². The van der Waals surface area contributed by atoms with Crippen LogP contribution in [0.1, 0.15) is 0 Å². The molecule has 27 heavy (non-hydrogen) atoms. The minimum absolute atomic E-state index is 0.0474. The van der Waals surface area contributed by atoms with E-state index >= 15 is 0 Å². The van der Waals surface area contributed by atoms with Crippen LogP contribution in [0.3, 0.4) is 0 Å². The number of carboxylic acid groups (broad SMARTS) is 1.